The fourth-order valence-corrected chi connectivity index (χ4v) is 3.65. The number of nitrogens with zero attached hydrogens (tertiary/aromatic N) is 1. The Labute approximate surface area is 140 Å². The maximum absolute atomic E-state index is 12.5. The van der Waals surface area contributed by atoms with Crippen molar-refractivity contribution in [3.63, 3.8) is 0 Å². The lowest BCUT2D eigenvalue weighted by Gasteiger charge is -2.11. The molecule has 0 saturated heterocycles. The largest absolute Gasteiger partial charge is 0.489 e. The molecule has 1 amide bonds. The lowest BCUT2D eigenvalue weighted by molar-refractivity contribution is 0.0945. The third-order valence-electron chi connectivity index (χ3n) is 3.83. The molecule has 3 rings (SSSR count). The predicted octanol–water partition coefficient (Wildman–Crippen LogP) is 1.74. The number of sulfone groups is 1. The number of hydrogen-bond acceptors (Lipinski definition) is 5. The maximum Gasteiger partial charge on any atom is 0.255 e. The van der Waals surface area contributed by atoms with Crippen molar-refractivity contribution in [2.24, 2.45) is 0 Å². The van der Waals surface area contributed by atoms with Crippen LogP contribution in [-0.4, -0.2) is 31.7 Å². The van der Waals surface area contributed by atoms with Gasteiger partial charge in [0.05, 0.1) is 22.7 Å². The number of nitrogens with one attached hydrogen (secondary N) is 1. The molecule has 126 valence electrons. The summed E-state index contributed by atoms with van der Waals surface area (Å²) in [6, 6.07) is 8.49. The average molecular weight is 346 g/mol. The van der Waals surface area contributed by atoms with Crippen molar-refractivity contribution in [3.05, 3.63) is 53.3 Å². The molecular formula is C17H18N2O4S. The first kappa shape index (κ1) is 16.4. The molecule has 1 aliphatic heterocycles. The van der Waals surface area contributed by atoms with Gasteiger partial charge in [-0.15, -0.1) is 0 Å². The summed E-state index contributed by atoms with van der Waals surface area (Å²) >= 11 is 0. The second-order valence-corrected chi connectivity index (χ2v) is 7.81. The second-order valence-electron chi connectivity index (χ2n) is 5.83. The number of fused-ring (bicyclic) bond motifs is 1. The number of hydrogen-bond donors (Lipinski definition) is 1. The minimum Gasteiger partial charge on any atom is -0.489 e. The first-order chi connectivity index (χ1) is 11.4. The van der Waals surface area contributed by atoms with Gasteiger partial charge in [-0.1, -0.05) is 12.1 Å². The summed E-state index contributed by atoms with van der Waals surface area (Å²) in [5.41, 5.74) is 1.77. The van der Waals surface area contributed by atoms with Crippen LogP contribution >= 0.6 is 0 Å². The molecule has 24 heavy (non-hydrogen) atoms. The Morgan fingerprint density at radius 1 is 1.33 bits per heavy atom. The first-order valence-corrected chi connectivity index (χ1v) is 9.46. The summed E-state index contributed by atoms with van der Waals surface area (Å²) in [5, 5.41) is 2.73. The van der Waals surface area contributed by atoms with Crippen LogP contribution in [0.1, 0.15) is 28.5 Å². The maximum atomic E-state index is 12.5. The van der Waals surface area contributed by atoms with Gasteiger partial charge in [-0.05, 0) is 30.7 Å². The van der Waals surface area contributed by atoms with Gasteiger partial charge in [-0.3, -0.25) is 9.78 Å². The van der Waals surface area contributed by atoms with Crippen LogP contribution in [0.2, 0.25) is 0 Å². The van der Waals surface area contributed by atoms with E-state index in [1.165, 1.54) is 12.3 Å². The van der Waals surface area contributed by atoms with E-state index >= 15 is 0 Å². The van der Waals surface area contributed by atoms with Gasteiger partial charge in [0.2, 0.25) is 0 Å². The van der Waals surface area contributed by atoms with E-state index in [9.17, 15) is 13.2 Å². The van der Waals surface area contributed by atoms with Gasteiger partial charge in [0, 0.05) is 18.9 Å². The number of rotatable bonds is 4. The molecule has 1 atom stereocenters. The van der Waals surface area contributed by atoms with E-state index < -0.39 is 9.84 Å². The van der Waals surface area contributed by atoms with Crippen molar-refractivity contribution in [1.82, 2.24) is 10.3 Å². The Kier molecular flexibility index (Phi) is 4.28. The quantitative estimate of drug-likeness (QED) is 0.911. The van der Waals surface area contributed by atoms with E-state index in [1.54, 1.807) is 12.1 Å². The standard InChI is InChI=1S/C17H18N2O4S/c1-11-9-12-5-3-6-13(16(12)23-11)17(20)19-10-14-15(24(2,21)22)7-4-8-18-14/h3-8,11H,9-10H2,1-2H3,(H,19,20). The third kappa shape index (κ3) is 3.26. The second kappa shape index (κ2) is 6.24. The fraction of sp³-hybridized carbons (Fsp3) is 0.294. The van der Waals surface area contributed by atoms with Crippen LogP contribution in [-0.2, 0) is 22.8 Å². The minimum atomic E-state index is -3.40. The zero-order valence-electron chi connectivity index (χ0n) is 13.4. The number of carbonyl (C=O) groups is 1. The molecule has 2 aromatic rings. The zero-order chi connectivity index (χ0) is 17.3. The summed E-state index contributed by atoms with van der Waals surface area (Å²) < 4.78 is 29.3. The van der Waals surface area contributed by atoms with Crippen molar-refractivity contribution in [2.45, 2.75) is 30.9 Å². The molecule has 2 heterocycles. The fourth-order valence-electron chi connectivity index (χ4n) is 2.77. The van der Waals surface area contributed by atoms with Crippen molar-refractivity contribution in [1.29, 1.82) is 0 Å². The molecule has 1 N–H and O–H groups in total. The van der Waals surface area contributed by atoms with Crippen LogP contribution in [0.5, 0.6) is 5.75 Å². The summed E-state index contributed by atoms with van der Waals surface area (Å²) in [5.74, 6) is 0.290. The van der Waals surface area contributed by atoms with E-state index in [1.807, 2.05) is 19.1 Å². The third-order valence-corrected chi connectivity index (χ3v) is 5.00. The highest BCUT2D eigenvalue weighted by molar-refractivity contribution is 7.90. The average Bonchev–Trinajstić information content (AvgIpc) is 2.92. The minimum absolute atomic E-state index is 0.0291. The monoisotopic (exact) mass is 346 g/mol. The number of benzene rings is 1. The molecule has 0 radical (unpaired) electrons. The topological polar surface area (TPSA) is 85.4 Å². The van der Waals surface area contributed by atoms with E-state index in [-0.39, 0.29) is 23.5 Å². The lowest BCUT2D eigenvalue weighted by atomic mass is 10.1. The molecule has 1 aromatic heterocycles. The van der Waals surface area contributed by atoms with Gasteiger partial charge in [-0.25, -0.2) is 8.42 Å². The van der Waals surface area contributed by atoms with Crippen LogP contribution in [0.3, 0.4) is 0 Å². The van der Waals surface area contributed by atoms with Crippen LogP contribution in [0.25, 0.3) is 0 Å². The van der Waals surface area contributed by atoms with Crippen molar-refractivity contribution >= 4 is 15.7 Å². The molecule has 0 fully saturated rings. The van der Waals surface area contributed by atoms with E-state index in [2.05, 4.69) is 10.3 Å². The van der Waals surface area contributed by atoms with Gasteiger partial charge >= 0.3 is 0 Å². The van der Waals surface area contributed by atoms with Crippen molar-refractivity contribution < 1.29 is 17.9 Å². The van der Waals surface area contributed by atoms with Crippen LogP contribution < -0.4 is 10.1 Å². The number of amides is 1. The molecule has 0 spiro atoms. The first-order valence-electron chi connectivity index (χ1n) is 7.57. The van der Waals surface area contributed by atoms with E-state index in [0.29, 0.717) is 17.0 Å². The highest BCUT2D eigenvalue weighted by Crippen LogP contribution is 2.32. The van der Waals surface area contributed by atoms with E-state index in [4.69, 9.17) is 4.74 Å². The number of pyridine rings is 1. The van der Waals surface area contributed by atoms with Gasteiger partial charge in [0.15, 0.2) is 9.84 Å². The molecule has 0 saturated carbocycles. The van der Waals surface area contributed by atoms with Gasteiger partial charge in [0.25, 0.3) is 5.91 Å². The van der Waals surface area contributed by atoms with Gasteiger partial charge < -0.3 is 10.1 Å². The molecule has 7 heteroatoms. The normalized spacial score (nSPS) is 16.3. The molecule has 0 aliphatic carbocycles. The summed E-state index contributed by atoms with van der Waals surface area (Å²) in [6.45, 7) is 1.98. The Balaban J connectivity index is 1.80. The number of carbonyl (C=O) groups excluding carboxylic acids is 1. The number of para-hydroxylation sites is 1. The molecular weight excluding hydrogens is 328 g/mol. The Morgan fingerprint density at radius 3 is 2.88 bits per heavy atom. The molecule has 1 aliphatic rings. The van der Waals surface area contributed by atoms with Crippen molar-refractivity contribution in [2.75, 3.05) is 6.26 Å². The molecule has 1 aromatic carbocycles. The number of aromatic nitrogens is 1. The molecule has 1 unspecified atom stereocenters. The predicted molar refractivity (Wildman–Crippen MR) is 88.8 cm³/mol. The SMILES string of the molecule is CC1Cc2cccc(C(=O)NCc3ncccc3S(C)(=O)=O)c2O1. The lowest BCUT2D eigenvalue weighted by Crippen LogP contribution is -2.25. The summed E-state index contributed by atoms with van der Waals surface area (Å²) in [6.07, 6.45) is 3.44. The van der Waals surface area contributed by atoms with Gasteiger partial charge in [-0.2, -0.15) is 0 Å². The van der Waals surface area contributed by atoms with Crippen LogP contribution in [0, 0.1) is 0 Å². The van der Waals surface area contributed by atoms with Gasteiger partial charge in [0.1, 0.15) is 11.9 Å². The Bertz CT molecular complexity index is 893. The molecule has 6 nitrogen and oxygen atoms in total. The van der Waals surface area contributed by atoms with Crippen LogP contribution in [0.15, 0.2) is 41.4 Å². The smallest absolute Gasteiger partial charge is 0.255 e. The molecule has 0 bridgehead atoms. The number of ether oxygens (including phenoxy) is 1. The van der Waals surface area contributed by atoms with Crippen LogP contribution in [0.4, 0.5) is 0 Å². The zero-order valence-corrected chi connectivity index (χ0v) is 14.3. The van der Waals surface area contributed by atoms with Crippen molar-refractivity contribution in [3.8, 4) is 5.75 Å². The summed E-state index contributed by atoms with van der Waals surface area (Å²) in [4.78, 5) is 16.7. The Hall–Kier alpha value is -2.41. The highest BCUT2D eigenvalue weighted by Gasteiger charge is 2.25. The Morgan fingerprint density at radius 2 is 2.12 bits per heavy atom. The highest BCUT2D eigenvalue weighted by atomic mass is 32.2. The van der Waals surface area contributed by atoms with E-state index in [0.717, 1.165) is 18.2 Å². The summed E-state index contributed by atoms with van der Waals surface area (Å²) in [7, 11) is -3.40.